The van der Waals surface area contributed by atoms with Crippen molar-refractivity contribution in [2.24, 2.45) is 0 Å². The highest BCUT2D eigenvalue weighted by Crippen LogP contribution is 2.20. The number of ether oxygens (including phenoxy) is 1. The summed E-state index contributed by atoms with van der Waals surface area (Å²) in [5.41, 5.74) is 2.88. The van der Waals surface area contributed by atoms with Crippen LogP contribution in [0.5, 0.6) is 0 Å². The van der Waals surface area contributed by atoms with Crippen molar-refractivity contribution in [2.75, 3.05) is 13.2 Å². The molecule has 1 N–H and O–H groups in total. The van der Waals surface area contributed by atoms with Crippen LogP contribution in [0.25, 0.3) is 5.69 Å². The number of hydrogen-bond acceptors (Lipinski definition) is 3. The van der Waals surface area contributed by atoms with Gasteiger partial charge in [0.15, 0.2) is 0 Å². The van der Waals surface area contributed by atoms with E-state index in [0.29, 0.717) is 5.56 Å². The lowest BCUT2D eigenvalue weighted by Gasteiger charge is -2.15. The zero-order chi connectivity index (χ0) is 18.6. The van der Waals surface area contributed by atoms with E-state index in [9.17, 15) is 18.0 Å². The van der Waals surface area contributed by atoms with Crippen molar-refractivity contribution in [3.05, 3.63) is 47.5 Å². The number of amides is 1. The van der Waals surface area contributed by atoms with Crippen LogP contribution in [0, 0.1) is 13.8 Å². The average molecular weight is 355 g/mol. The molecule has 1 atom stereocenters. The molecular weight excluding hydrogens is 335 g/mol. The number of hydrogen-bond donors (Lipinski definition) is 1. The predicted octanol–water partition coefficient (Wildman–Crippen LogP) is 3.19. The summed E-state index contributed by atoms with van der Waals surface area (Å²) in [5.74, 6) is -0.355. The van der Waals surface area contributed by atoms with Crippen molar-refractivity contribution < 1.29 is 22.7 Å². The van der Waals surface area contributed by atoms with Crippen molar-refractivity contribution in [1.82, 2.24) is 14.9 Å². The molecular formula is C17H20F3N3O2. The molecule has 0 fully saturated rings. The number of aromatic nitrogens is 2. The zero-order valence-corrected chi connectivity index (χ0v) is 14.2. The van der Waals surface area contributed by atoms with Crippen LogP contribution in [-0.4, -0.2) is 40.9 Å². The Hall–Kier alpha value is -2.35. The first-order valence-electron chi connectivity index (χ1n) is 7.73. The van der Waals surface area contributed by atoms with E-state index in [1.165, 1.54) is 0 Å². The molecule has 0 saturated heterocycles. The molecule has 2 aromatic heterocycles. The summed E-state index contributed by atoms with van der Waals surface area (Å²) in [6.45, 7) is 3.72. The van der Waals surface area contributed by atoms with E-state index in [2.05, 4.69) is 15.0 Å². The second-order valence-corrected chi connectivity index (χ2v) is 5.84. The largest absolute Gasteiger partial charge is 0.411 e. The van der Waals surface area contributed by atoms with Crippen molar-refractivity contribution >= 4 is 5.91 Å². The third-order valence-corrected chi connectivity index (χ3v) is 3.59. The van der Waals surface area contributed by atoms with E-state index in [0.717, 1.165) is 17.1 Å². The van der Waals surface area contributed by atoms with Crippen LogP contribution in [0.15, 0.2) is 30.6 Å². The van der Waals surface area contributed by atoms with Gasteiger partial charge in [0.05, 0.1) is 24.1 Å². The molecule has 0 aliphatic carbocycles. The van der Waals surface area contributed by atoms with Gasteiger partial charge in [0.1, 0.15) is 6.61 Å². The van der Waals surface area contributed by atoms with Gasteiger partial charge in [-0.15, -0.1) is 0 Å². The van der Waals surface area contributed by atoms with E-state index in [1.54, 1.807) is 38.4 Å². The Morgan fingerprint density at radius 2 is 2.12 bits per heavy atom. The topological polar surface area (TPSA) is 56.1 Å². The minimum Gasteiger partial charge on any atom is -0.370 e. The van der Waals surface area contributed by atoms with Gasteiger partial charge in [-0.1, -0.05) is 0 Å². The maximum atomic E-state index is 12.4. The fraction of sp³-hybridized carbons (Fsp3) is 0.412. The fourth-order valence-corrected chi connectivity index (χ4v) is 2.57. The monoisotopic (exact) mass is 355 g/mol. The van der Waals surface area contributed by atoms with Gasteiger partial charge in [-0.3, -0.25) is 9.78 Å². The van der Waals surface area contributed by atoms with Crippen LogP contribution in [0.3, 0.4) is 0 Å². The third kappa shape index (κ3) is 5.06. The van der Waals surface area contributed by atoms with Gasteiger partial charge in [-0.2, -0.15) is 13.2 Å². The lowest BCUT2D eigenvalue weighted by atomic mass is 10.2. The molecule has 2 rings (SSSR count). The molecule has 1 amide bonds. The highest BCUT2D eigenvalue weighted by molar-refractivity contribution is 5.96. The number of rotatable bonds is 6. The van der Waals surface area contributed by atoms with Gasteiger partial charge in [-0.05, 0) is 39.0 Å². The van der Waals surface area contributed by atoms with Crippen LogP contribution in [0.4, 0.5) is 13.2 Å². The highest BCUT2D eigenvalue weighted by atomic mass is 19.4. The molecule has 8 heteroatoms. The predicted molar refractivity (Wildman–Crippen MR) is 86.8 cm³/mol. The van der Waals surface area contributed by atoms with E-state index in [-0.39, 0.29) is 12.5 Å². The maximum Gasteiger partial charge on any atom is 0.411 e. The van der Waals surface area contributed by atoms with Crippen LogP contribution in [0.1, 0.15) is 28.7 Å². The Morgan fingerprint density at radius 1 is 1.40 bits per heavy atom. The normalized spacial score (nSPS) is 12.9. The number of nitrogens with zero attached hydrogens (tertiary/aromatic N) is 2. The van der Waals surface area contributed by atoms with Gasteiger partial charge in [-0.25, -0.2) is 0 Å². The highest BCUT2D eigenvalue weighted by Gasteiger charge is 2.28. The molecule has 0 saturated carbocycles. The van der Waals surface area contributed by atoms with Gasteiger partial charge in [0.25, 0.3) is 5.91 Å². The number of nitrogens with one attached hydrogen (secondary N) is 1. The van der Waals surface area contributed by atoms with Crippen molar-refractivity contribution in [1.29, 1.82) is 0 Å². The summed E-state index contributed by atoms with van der Waals surface area (Å²) < 4.78 is 42.7. The number of carbonyl (C=O) groups excluding carboxylic acids is 1. The fourth-order valence-electron chi connectivity index (χ4n) is 2.57. The van der Waals surface area contributed by atoms with Crippen molar-refractivity contribution in [3.63, 3.8) is 0 Å². The Balaban J connectivity index is 2.05. The molecule has 25 heavy (non-hydrogen) atoms. The summed E-state index contributed by atoms with van der Waals surface area (Å²) >= 11 is 0. The second kappa shape index (κ2) is 7.69. The molecule has 0 bridgehead atoms. The second-order valence-electron chi connectivity index (χ2n) is 5.84. The van der Waals surface area contributed by atoms with Crippen LogP contribution >= 0.6 is 0 Å². The number of carbonyl (C=O) groups is 1. The molecule has 0 aliphatic rings. The Morgan fingerprint density at radius 3 is 2.72 bits per heavy atom. The molecule has 0 aromatic carbocycles. The number of aryl methyl sites for hydroxylation is 1. The molecule has 0 spiro atoms. The van der Waals surface area contributed by atoms with Gasteiger partial charge in [0.2, 0.25) is 0 Å². The Kier molecular flexibility index (Phi) is 5.84. The molecule has 0 radical (unpaired) electrons. The molecule has 2 aromatic rings. The number of pyridine rings is 1. The summed E-state index contributed by atoms with van der Waals surface area (Å²) in [4.78, 5) is 16.5. The van der Waals surface area contributed by atoms with Crippen LogP contribution in [-0.2, 0) is 4.74 Å². The Bertz CT molecular complexity index is 727. The summed E-state index contributed by atoms with van der Waals surface area (Å²) in [5, 5.41) is 2.66. The molecule has 0 unspecified atom stereocenters. The standard InChI is InChI=1S/C17H20F3N3O2/c1-11(9-25-10-17(18,19)20)22-16(24)15-7-12(2)23(13(15)3)14-5-4-6-21-8-14/h4-8,11H,9-10H2,1-3H3,(H,22,24)/t11-/m0/s1. The first kappa shape index (κ1) is 19.0. The first-order chi connectivity index (χ1) is 11.7. The van der Waals surface area contributed by atoms with E-state index in [1.807, 2.05) is 17.6 Å². The van der Waals surface area contributed by atoms with E-state index < -0.39 is 18.8 Å². The number of halogens is 3. The molecule has 5 nitrogen and oxygen atoms in total. The summed E-state index contributed by atoms with van der Waals surface area (Å²) in [7, 11) is 0. The smallest absolute Gasteiger partial charge is 0.370 e. The number of alkyl halides is 3. The summed E-state index contributed by atoms with van der Waals surface area (Å²) in [6, 6.07) is 4.87. The SMILES string of the molecule is Cc1cc(C(=O)N[C@@H](C)COCC(F)(F)F)c(C)n1-c1cccnc1. The molecule has 0 aliphatic heterocycles. The minimum atomic E-state index is -4.38. The maximum absolute atomic E-state index is 12.4. The third-order valence-electron chi connectivity index (χ3n) is 3.59. The van der Waals surface area contributed by atoms with Gasteiger partial charge >= 0.3 is 6.18 Å². The van der Waals surface area contributed by atoms with Crippen molar-refractivity contribution in [2.45, 2.75) is 33.0 Å². The van der Waals surface area contributed by atoms with E-state index >= 15 is 0 Å². The van der Waals surface area contributed by atoms with Crippen LogP contribution in [0.2, 0.25) is 0 Å². The van der Waals surface area contributed by atoms with E-state index in [4.69, 9.17) is 0 Å². The van der Waals surface area contributed by atoms with Crippen molar-refractivity contribution in [3.8, 4) is 5.69 Å². The Labute approximate surface area is 143 Å². The zero-order valence-electron chi connectivity index (χ0n) is 14.2. The quantitative estimate of drug-likeness (QED) is 0.866. The minimum absolute atomic E-state index is 0.216. The van der Waals surface area contributed by atoms with Gasteiger partial charge in [0, 0.05) is 23.6 Å². The molecule has 2 heterocycles. The lowest BCUT2D eigenvalue weighted by Crippen LogP contribution is -2.37. The van der Waals surface area contributed by atoms with Gasteiger partial charge < -0.3 is 14.6 Å². The van der Waals surface area contributed by atoms with Crippen LogP contribution < -0.4 is 5.32 Å². The first-order valence-corrected chi connectivity index (χ1v) is 7.73. The summed E-state index contributed by atoms with van der Waals surface area (Å²) in [6.07, 6.45) is -1.03. The average Bonchev–Trinajstić information content (AvgIpc) is 2.81. The lowest BCUT2D eigenvalue weighted by molar-refractivity contribution is -0.174. The molecule has 136 valence electrons.